The molecule has 1 aromatic carbocycles. The molecule has 2 aliphatic rings. The van der Waals surface area contributed by atoms with Crippen molar-refractivity contribution in [1.29, 1.82) is 0 Å². The maximum Gasteiger partial charge on any atom is 0.421 e. The van der Waals surface area contributed by atoms with Crippen molar-refractivity contribution in [1.82, 2.24) is 0 Å². The average Bonchev–Trinajstić information content (AvgIpc) is 2.46. The van der Waals surface area contributed by atoms with E-state index in [0.29, 0.717) is 24.2 Å². The molecular formula is C12H15O5P. The Kier molecular flexibility index (Phi) is 3.73. The average molecular weight is 270 g/mol. The lowest BCUT2D eigenvalue weighted by molar-refractivity contribution is -0.111. The van der Waals surface area contributed by atoms with Gasteiger partial charge in [-0.05, 0) is 37.1 Å². The van der Waals surface area contributed by atoms with Crippen LogP contribution in [0.1, 0.15) is 37.0 Å². The normalized spacial score (nSPS) is 22.9. The molecule has 1 unspecified atom stereocenters. The molecule has 0 saturated heterocycles. The zero-order chi connectivity index (χ0) is 13.2. The van der Waals surface area contributed by atoms with Gasteiger partial charge in [0.2, 0.25) is 0 Å². The highest BCUT2D eigenvalue weighted by atomic mass is 31.2. The number of fused-ring (bicyclic) bond motifs is 6. The number of hydrogen-bond acceptors (Lipinski definition) is 5. The van der Waals surface area contributed by atoms with Crippen LogP contribution in [-0.4, -0.2) is 11.6 Å². The molecule has 2 heterocycles. The summed E-state index contributed by atoms with van der Waals surface area (Å²) in [6, 6.07) is 6.23. The Morgan fingerprint density at radius 1 is 1.17 bits per heavy atom. The van der Waals surface area contributed by atoms with Gasteiger partial charge >= 0.3 is 13.6 Å². The first kappa shape index (κ1) is 13.1. The summed E-state index contributed by atoms with van der Waals surface area (Å²) in [5.41, 5.74) is -0.0285. The zero-order valence-corrected chi connectivity index (χ0v) is 11.2. The molecule has 0 saturated carbocycles. The van der Waals surface area contributed by atoms with Crippen LogP contribution < -0.4 is 4.89 Å². The molecule has 0 fully saturated rings. The summed E-state index contributed by atoms with van der Waals surface area (Å²) in [6.45, 7) is 3.73. The minimum atomic E-state index is -3.61. The Balaban J connectivity index is 2.35. The van der Waals surface area contributed by atoms with Gasteiger partial charge in [-0.2, -0.15) is 0 Å². The Morgan fingerprint density at radius 2 is 1.78 bits per heavy atom. The molecule has 2 aliphatic heterocycles. The standard InChI is InChI=1S/C12H15O5P/c1-3-11(4-2)18(14)16-12(13)9-5-7-10(8-6-9)15-17-18/h5-8,11H,3-4H2,1-2H3. The monoisotopic (exact) mass is 270 g/mol. The molecule has 3 rings (SSSR count). The molecule has 0 amide bonds. The van der Waals surface area contributed by atoms with Crippen LogP contribution in [0.2, 0.25) is 0 Å². The van der Waals surface area contributed by atoms with Gasteiger partial charge in [0, 0.05) is 0 Å². The second kappa shape index (κ2) is 5.12. The second-order valence-electron chi connectivity index (χ2n) is 4.07. The number of hydrogen-bond donors (Lipinski definition) is 0. The van der Waals surface area contributed by atoms with Crippen molar-refractivity contribution in [3.63, 3.8) is 0 Å². The van der Waals surface area contributed by atoms with Crippen LogP contribution in [-0.2, 0) is 13.8 Å². The van der Waals surface area contributed by atoms with Gasteiger partial charge in [0.1, 0.15) is 0 Å². The molecule has 18 heavy (non-hydrogen) atoms. The summed E-state index contributed by atoms with van der Waals surface area (Å²) < 4.78 is 22.6. The van der Waals surface area contributed by atoms with Gasteiger partial charge in [0.05, 0.1) is 11.2 Å². The molecule has 0 N–H and O–H groups in total. The molecule has 0 radical (unpaired) electrons. The highest BCUT2D eigenvalue weighted by molar-refractivity contribution is 7.55. The largest absolute Gasteiger partial charge is 0.421 e. The van der Waals surface area contributed by atoms with Gasteiger partial charge < -0.3 is 9.41 Å². The fourth-order valence-corrected chi connectivity index (χ4v) is 3.52. The molecule has 1 atom stereocenters. The predicted octanol–water partition coefficient (Wildman–Crippen LogP) is 3.55. The van der Waals surface area contributed by atoms with Crippen LogP contribution in [0, 0.1) is 0 Å². The summed E-state index contributed by atoms with van der Waals surface area (Å²) in [5, 5.41) is 0. The van der Waals surface area contributed by atoms with E-state index in [2.05, 4.69) is 0 Å². The smallest absolute Gasteiger partial charge is 0.386 e. The fourth-order valence-electron chi connectivity index (χ4n) is 1.80. The first-order valence-corrected chi connectivity index (χ1v) is 7.50. The van der Waals surface area contributed by atoms with E-state index < -0.39 is 13.6 Å². The number of rotatable bonds is 3. The molecule has 6 heteroatoms. The Labute approximate surface area is 106 Å². The lowest BCUT2D eigenvalue weighted by atomic mass is 10.2. The summed E-state index contributed by atoms with van der Waals surface area (Å²) >= 11 is 0. The van der Waals surface area contributed by atoms with E-state index in [-0.39, 0.29) is 5.66 Å². The Morgan fingerprint density at radius 3 is 2.33 bits per heavy atom. The first-order valence-electron chi connectivity index (χ1n) is 5.89. The van der Waals surface area contributed by atoms with Crippen LogP contribution >= 0.6 is 7.60 Å². The Bertz CT molecular complexity index is 478. The fraction of sp³-hybridized carbons (Fsp3) is 0.417. The van der Waals surface area contributed by atoms with E-state index in [4.69, 9.17) is 14.1 Å². The summed E-state index contributed by atoms with van der Waals surface area (Å²) in [6.07, 6.45) is 1.16. The van der Waals surface area contributed by atoms with E-state index in [1.165, 1.54) is 0 Å². The topological polar surface area (TPSA) is 61.8 Å². The lowest BCUT2D eigenvalue weighted by Crippen LogP contribution is -2.15. The molecule has 0 spiro atoms. The summed E-state index contributed by atoms with van der Waals surface area (Å²) in [4.78, 5) is 16.8. The van der Waals surface area contributed by atoms with Gasteiger partial charge in [0.25, 0.3) is 0 Å². The molecule has 98 valence electrons. The molecule has 2 bridgehead atoms. The van der Waals surface area contributed by atoms with Crippen molar-refractivity contribution >= 4 is 13.6 Å². The molecule has 0 aliphatic carbocycles. The van der Waals surface area contributed by atoms with Crippen LogP contribution in [0.5, 0.6) is 5.75 Å². The lowest BCUT2D eigenvalue weighted by Gasteiger charge is -2.22. The van der Waals surface area contributed by atoms with Crippen LogP contribution in [0.15, 0.2) is 24.3 Å². The van der Waals surface area contributed by atoms with E-state index in [1.807, 2.05) is 13.8 Å². The van der Waals surface area contributed by atoms with Crippen molar-refractivity contribution < 1.29 is 23.4 Å². The van der Waals surface area contributed by atoms with E-state index >= 15 is 0 Å². The highest BCUT2D eigenvalue weighted by Crippen LogP contribution is 2.56. The number of carbonyl (C=O) groups excluding carboxylic acids is 1. The van der Waals surface area contributed by atoms with Crippen molar-refractivity contribution in [2.24, 2.45) is 0 Å². The van der Waals surface area contributed by atoms with Crippen LogP contribution in [0.3, 0.4) is 0 Å². The maximum atomic E-state index is 12.6. The minimum absolute atomic E-state index is 0.332. The SMILES string of the molecule is CCC(CC)P1(=O)OOc2ccc(cc2)C(=O)O1. The molecular weight excluding hydrogens is 255 g/mol. The second-order valence-corrected chi connectivity index (χ2v) is 6.21. The third-order valence-corrected chi connectivity index (χ3v) is 5.25. The van der Waals surface area contributed by atoms with Crippen molar-refractivity contribution in [3.05, 3.63) is 29.8 Å². The highest BCUT2D eigenvalue weighted by Gasteiger charge is 2.40. The summed E-state index contributed by atoms with van der Waals surface area (Å²) in [7, 11) is -3.61. The van der Waals surface area contributed by atoms with E-state index in [1.54, 1.807) is 24.3 Å². The number of carbonyl (C=O) groups is 1. The van der Waals surface area contributed by atoms with E-state index in [0.717, 1.165) is 0 Å². The number of benzene rings is 1. The molecule has 5 nitrogen and oxygen atoms in total. The van der Waals surface area contributed by atoms with Crippen molar-refractivity contribution in [2.45, 2.75) is 32.3 Å². The zero-order valence-electron chi connectivity index (χ0n) is 10.3. The quantitative estimate of drug-likeness (QED) is 0.620. The maximum absolute atomic E-state index is 12.6. The Hall–Kier alpha value is -1.32. The van der Waals surface area contributed by atoms with Gasteiger partial charge in [-0.3, -0.25) is 0 Å². The minimum Gasteiger partial charge on any atom is -0.386 e. The molecule has 0 aromatic heterocycles. The van der Waals surface area contributed by atoms with Crippen LogP contribution in [0.25, 0.3) is 0 Å². The van der Waals surface area contributed by atoms with E-state index in [9.17, 15) is 9.36 Å². The third-order valence-electron chi connectivity index (χ3n) is 2.93. The van der Waals surface area contributed by atoms with Gasteiger partial charge in [-0.1, -0.05) is 18.5 Å². The van der Waals surface area contributed by atoms with Gasteiger partial charge in [-0.15, -0.1) is 0 Å². The van der Waals surface area contributed by atoms with Gasteiger partial charge in [-0.25, -0.2) is 9.36 Å². The first-order chi connectivity index (χ1) is 8.59. The predicted molar refractivity (Wildman–Crippen MR) is 65.5 cm³/mol. The van der Waals surface area contributed by atoms with Crippen molar-refractivity contribution in [3.8, 4) is 5.75 Å². The molecule has 1 aromatic rings. The van der Waals surface area contributed by atoms with Crippen LogP contribution in [0.4, 0.5) is 0 Å². The third kappa shape index (κ3) is 2.42. The van der Waals surface area contributed by atoms with Crippen molar-refractivity contribution in [2.75, 3.05) is 0 Å². The summed E-state index contributed by atoms with van der Waals surface area (Å²) in [5.74, 6) is -0.259. The van der Waals surface area contributed by atoms with Gasteiger partial charge in [0.15, 0.2) is 5.75 Å².